The summed E-state index contributed by atoms with van der Waals surface area (Å²) in [5.74, 6) is -0.156. The molecule has 0 amide bonds. The minimum absolute atomic E-state index is 0.0591. The van der Waals surface area contributed by atoms with E-state index < -0.39 is 0 Å². The zero-order chi connectivity index (χ0) is 12.9. The number of hydrogen-bond donors (Lipinski definition) is 1. The van der Waals surface area contributed by atoms with Gasteiger partial charge in [0, 0.05) is 12.6 Å². The molecule has 1 N–H and O–H groups in total. The lowest BCUT2D eigenvalue weighted by Crippen LogP contribution is -2.38. The Morgan fingerprint density at radius 3 is 2.41 bits per heavy atom. The van der Waals surface area contributed by atoms with Gasteiger partial charge in [0.2, 0.25) is 0 Å². The summed E-state index contributed by atoms with van der Waals surface area (Å²) >= 11 is 0. The Balaban J connectivity index is 2.23. The molecule has 0 aliphatic heterocycles. The summed E-state index contributed by atoms with van der Waals surface area (Å²) in [6, 6.07) is 0.605. The second-order valence-corrected chi connectivity index (χ2v) is 6.18. The maximum atomic E-state index is 11.8. The number of carbonyl (C=O) groups is 1. The summed E-state index contributed by atoms with van der Waals surface area (Å²) in [4.78, 5) is 11.8. The minimum Gasteiger partial charge on any atom is -0.460 e. The molecule has 0 heterocycles. The van der Waals surface area contributed by atoms with Gasteiger partial charge in [0.1, 0.15) is 5.60 Å². The van der Waals surface area contributed by atoms with Gasteiger partial charge in [0.15, 0.2) is 0 Å². The van der Waals surface area contributed by atoms with Crippen LogP contribution in [0.2, 0.25) is 0 Å². The maximum Gasteiger partial charge on any atom is 0.310 e. The Labute approximate surface area is 105 Å². The van der Waals surface area contributed by atoms with Gasteiger partial charge in [0.25, 0.3) is 0 Å². The first-order valence-electron chi connectivity index (χ1n) is 6.85. The summed E-state index contributed by atoms with van der Waals surface area (Å²) in [5, 5.41) is 3.49. The molecule has 100 valence electrons. The fourth-order valence-electron chi connectivity index (χ4n) is 2.14. The van der Waals surface area contributed by atoms with E-state index >= 15 is 0 Å². The molecule has 0 aromatic carbocycles. The Hall–Kier alpha value is -0.570. The molecule has 0 spiro atoms. The first-order chi connectivity index (χ1) is 7.88. The number of ether oxygens (including phenoxy) is 1. The van der Waals surface area contributed by atoms with E-state index in [-0.39, 0.29) is 17.5 Å². The van der Waals surface area contributed by atoms with Gasteiger partial charge in [-0.25, -0.2) is 0 Å². The third-order valence-corrected chi connectivity index (χ3v) is 3.13. The van der Waals surface area contributed by atoms with E-state index in [1.54, 1.807) is 0 Å². The first-order valence-corrected chi connectivity index (χ1v) is 6.85. The van der Waals surface area contributed by atoms with Gasteiger partial charge in [0.05, 0.1) is 5.92 Å². The number of esters is 1. The van der Waals surface area contributed by atoms with Crippen LogP contribution >= 0.6 is 0 Å². The molecule has 0 unspecified atom stereocenters. The average Bonchev–Trinajstić information content (AvgIpc) is 2.25. The van der Waals surface area contributed by atoms with Gasteiger partial charge >= 0.3 is 5.97 Å². The highest BCUT2D eigenvalue weighted by Gasteiger charge is 2.22. The fourth-order valence-corrected chi connectivity index (χ4v) is 2.14. The van der Waals surface area contributed by atoms with Gasteiger partial charge in [-0.2, -0.15) is 0 Å². The molecule has 1 aliphatic carbocycles. The summed E-state index contributed by atoms with van der Waals surface area (Å²) in [6.45, 7) is 8.40. The highest BCUT2D eigenvalue weighted by Crippen LogP contribution is 2.18. The van der Waals surface area contributed by atoms with Crippen molar-refractivity contribution in [1.29, 1.82) is 0 Å². The molecule has 0 saturated heterocycles. The Kier molecular flexibility index (Phi) is 5.44. The summed E-state index contributed by atoms with van der Waals surface area (Å²) in [5.41, 5.74) is -0.379. The summed E-state index contributed by atoms with van der Waals surface area (Å²) in [6.07, 6.45) is 6.50. The van der Waals surface area contributed by atoms with Crippen LogP contribution in [-0.4, -0.2) is 24.2 Å². The Bertz CT molecular complexity index is 239. The molecule has 1 fully saturated rings. The molecule has 3 nitrogen and oxygen atoms in total. The van der Waals surface area contributed by atoms with E-state index in [0.717, 1.165) is 6.54 Å². The molecule has 0 aromatic rings. The standard InChI is InChI=1S/C14H27NO2/c1-11(13(16)17-14(2,3)4)10-15-12-8-6-5-7-9-12/h11-12,15H,5-10H2,1-4H3/t11-/m1/s1. The Morgan fingerprint density at radius 2 is 1.88 bits per heavy atom. The van der Waals surface area contributed by atoms with Crippen LogP contribution in [0.1, 0.15) is 59.8 Å². The van der Waals surface area contributed by atoms with Crippen molar-refractivity contribution in [1.82, 2.24) is 5.32 Å². The summed E-state index contributed by atoms with van der Waals surface area (Å²) in [7, 11) is 0. The van der Waals surface area contributed by atoms with Crippen molar-refractivity contribution < 1.29 is 9.53 Å². The molecule has 1 atom stereocenters. The van der Waals surface area contributed by atoms with Gasteiger partial charge in [-0.05, 0) is 33.6 Å². The van der Waals surface area contributed by atoms with Crippen LogP contribution < -0.4 is 5.32 Å². The number of hydrogen-bond acceptors (Lipinski definition) is 3. The Morgan fingerprint density at radius 1 is 1.29 bits per heavy atom. The molecule has 3 heteroatoms. The van der Waals surface area contributed by atoms with Crippen molar-refractivity contribution in [3.63, 3.8) is 0 Å². The fraction of sp³-hybridized carbons (Fsp3) is 0.929. The minimum atomic E-state index is -0.379. The third-order valence-electron chi connectivity index (χ3n) is 3.13. The van der Waals surface area contributed by atoms with Crippen LogP contribution in [0.5, 0.6) is 0 Å². The van der Waals surface area contributed by atoms with Crippen LogP contribution in [0.3, 0.4) is 0 Å². The normalized spacial score (nSPS) is 20.0. The van der Waals surface area contributed by atoms with Crippen molar-refractivity contribution in [2.45, 2.75) is 71.4 Å². The predicted molar refractivity (Wildman–Crippen MR) is 69.9 cm³/mol. The van der Waals surface area contributed by atoms with Crippen LogP contribution in [0.15, 0.2) is 0 Å². The number of rotatable bonds is 4. The van der Waals surface area contributed by atoms with E-state index in [9.17, 15) is 4.79 Å². The highest BCUT2D eigenvalue weighted by molar-refractivity contribution is 5.72. The maximum absolute atomic E-state index is 11.8. The molecule has 0 radical (unpaired) electrons. The SMILES string of the molecule is C[C@H](CNC1CCCCC1)C(=O)OC(C)(C)C. The molecule has 1 aliphatic rings. The van der Waals surface area contributed by atoms with E-state index in [2.05, 4.69) is 5.32 Å². The van der Waals surface area contributed by atoms with E-state index in [0.29, 0.717) is 6.04 Å². The monoisotopic (exact) mass is 241 g/mol. The molecular formula is C14H27NO2. The molecule has 1 rings (SSSR count). The summed E-state index contributed by atoms with van der Waals surface area (Å²) < 4.78 is 5.36. The van der Waals surface area contributed by atoms with Gasteiger partial charge < -0.3 is 10.1 Å². The average molecular weight is 241 g/mol. The highest BCUT2D eigenvalue weighted by atomic mass is 16.6. The zero-order valence-corrected chi connectivity index (χ0v) is 11.7. The molecule has 0 bridgehead atoms. The molecular weight excluding hydrogens is 214 g/mol. The molecule has 1 saturated carbocycles. The predicted octanol–water partition coefficient (Wildman–Crippen LogP) is 2.89. The van der Waals surface area contributed by atoms with E-state index in [1.807, 2.05) is 27.7 Å². The lowest BCUT2D eigenvalue weighted by molar-refractivity contribution is -0.159. The van der Waals surface area contributed by atoms with Gasteiger partial charge in [-0.3, -0.25) is 4.79 Å². The van der Waals surface area contributed by atoms with Crippen molar-refractivity contribution in [3.8, 4) is 0 Å². The van der Waals surface area contributed by atoms with Crippen molar-refractivity contribution in [2.24, 2.45) is 5.92 Å². The van der Waals surface area contributed by atoms with Gasteiger partial charge in [-0.15, -0.1) is 0 Å². The van der Waals surface area contributed by atoms with Crippen LogP contribution in [0.4, 0.5) is 0 Å². The lowest BCUT2D eigenvalue weighted by atomic mass is 9.95. The van der Waals surface area contributed by atoms with Crippen LogP contribution in [0.25, 0.3) is 0 Å². The topological polar surface area (TPSA) is 38.3 Å². The smallest absolute Gasteiger partial charge is 0.310 e. The lowest BCUT2D eigenvalue weighted by Gasteiger charge is -2.26. The molecule has 17 heavy (non-hydrogen) atoms. The second kappa shape index (κ2) is 6.39. The van der Waals surface area contributed by atoms with E-state index in [1.165, 1.54) is 32.1 Å². The van der Waals surface area contributed by atoms with Crippen LogP contribution in [0, 0.1) is 5.92 Å². The number of carbonyl (C=O) groups excluding carboxylic acids is 1. The first kappa shape index (κ1) is 14.5. The quantitative estimate of drug-likeness (QED) is 0.769. The zero-order valence-electron chi connectivity index (χ0n) is 11.7. The van der Waals surface area contributed by atoms with Crippen molar-refractivity contribution in [3.05, 3.63) is 0 Å². The third kappa shape index (κ3) is 6.06. The van der Waals surface area contributed by atoms with E-state index in [4.69, 9.17) is 4.74 Å². The van der Waals surface area contributed by atoms with Gasteiger partial charge in [-0.1, -0.05) is 26.2 Å². The van der Waals surface area contributed by atoms with Crippen molar-refractivity contribution >= 4 is 5.97 Å². The second-order valence-electron chi connectivity index (χ2n) is 6.18. The largest absolute Gasteiger partial charge is 0.460 e. The van der Waals surface area contributed by atoms with Crippen molar-refractivity contribution in [2.75, 3.05) is 6.54 Å². The number of nitrogens with one attached hydrogen (secondary N) is 1. The van der Waals surface area contributed by atoms with Crippen LogP contribution in [-0.2, 0) is 9.53 Å². The molecule has 0 aromatic heterocycles.